The van der Waals surface area contributed by atoms with Crippen LogP contribution in [0, 0.1) is 0 Å². The summed E-state index contributed by atoms with van der Waals surface area (Å²) < 4.78 is 43.7. The lowest BCUT2D eigenvalue weighted by molar-refractivity contribution is -0.137. The van der Waals surface area contributed by atoms with E-state index in [2.05, 4.69) is 15.6 Å². The van der Waals surface area contributed by atoms with Crippen molar-refractivity contribution in [3.8, 4) is 5.75 Å². The number of nitrogens with one attached hydrogen (secondary N) is 1. The fourth-order valence-corrected chi connectivity index (χ4v) is 2.54. The van der Waals surface area contributed by atoms with Crippen LogP contribution in [0.3, 0.4) is 0 Å². The Bertz CT molecular complexity index is 1080. The van der Waals surface area contributed by atoms with Crippen molar-refractivity contribution in [3.05, 3.63) is 64.4 Å². The van der Waals surface area contributed by atoms with E-state index in [9.17, 15) is 27.9 Å². The minimum atomic E-state index is -4.44. The number of benzene rings is 2. The van der Waals surface area contributed by atoms with Crippen LogP contribution >= 0.6 is 0 Å². The molecule has 0 radical (unpaired) electrons. The third kappa shape index (κ3) is 5.32. The fraction of sp³-hybridized carbons (Fsp3) is 0.263. The van der Waals surface area contributed by atoms with Crippen LogP contribution in [-0.4, -0.2) is 45.3 Å². The smallest absolute Gasteiger partial charge is 0.416 e. The minimum absolute atomic E-state index is 0.145. The molecule has 2 aromatic carbocycles. The summed E-state index contributed by atoms with van der Waals surface area (Å²) in [6.45, 7) is -0.820. The molecule has 2 N–H and O–H groups in total. The molecular weight excluding hydrogens is 405 g/mol. The number of nitrogens with zero attached hydrogens (tertiary/aromatic N) is 3. The van der Waals surface area contributed by atoms with Crippen LogP contribution in [0.2, 0.25) is 0 Å². The number of hydrogen-bond donors (Lipinski definition) is 2. The van der Waals surface area contributed by atoms with E-state index >= 15 is 0 Å². The van der Waals surface area contributed by atoms with Crippen LogP contribution in [0.25, 0.3) is 10.9 Å². The van der Waals surface area contributed by atoms with Crippen molar-refractivity contribution in [2.24, 2.45) is 0 Å². The van der Waals surface area contributed by atoms with Crippen LogP contribution in [0.5, 0.6) is 5.75 Å². The topological polar surface area (TPSA) is 106 Å². The van der Waals surface area contributed by atoms with Crippen molar-refractivity contribution >= 4 is 16.8 Å². The highest BCUT2D eigenvalue weighted by Crippen LogP contribution is 2.30. The molecule has 1 amide bonds. The third-order valence-electron chi connectivity index (χ3n) is 4.08. The lowest BCUT2D eigenvalue weighted by Crippen LogP contribution is -2.39. The van der Waals surface area contributed by atoms with Gasteiger partial charge in [0.25, 0.3) is 5.56 Å². The highest BCUT2D eigenvalue weighted by molar-refractivity contribution is 5.78. The van der Waals surface area contributed by atoms with Crippen LogP contribution in [-0.2, 0) is 17.5 Å². The maximum atomic E-state index is 12.5. The molecule has 3 rings (SSSR count). The standard InChI is InChI=1S/C19H17F3N4O4/c20-19(21,22)12-5-7-14(8-6-12)30-11-13(27)9-23-17(28)10-26-18(29)15-3-1-2-4-16(15)24-25-26/h1-8,13,27H,9-11H2,(H,23,28). The van der Waals surface area contributed by atoms with Crippen LogP contribution in [0.15, 0.2) is 53.3 Å². The van der Waals surface area contributed by atoms with Gasteiger partial charge < -0.3 is 15.2 Å². The maximum Gasteiger partial charge on any atom is 0.416 e. The number of hydrogen-bond acceptors (Lipinski definition) is 6. The lowest BCUT2D eigenvalue weighted by Gasteiger charge is -2.14. The van der Waals surface area contributed by atoms with Crippen molar-refractivity contribution in [2.75, 3.05) is 13.2 Å². The Morgan fingerprint density at radius 2 is 1.87 bits per heavy atom. The molecule has 0 aliphatic rings. The quantitative estimate of drug-likeness (QED) is 0.596. The number of aliphatic hydroxyl groups is 1. The molecule has 1 atom stereocenters. The number of carbonyl (C=O) groups is 1. The van der Waals surface area contributed by atoms with Crippen molar-refractivity contribution in [2.45, 2.75) is 18.8 Å². The number of rotatable bonds is 7. The van der Waals surface area contributed by atoms with E-state index in [1.807, 2.05) is 0 Å². The first kappa shape index (κ1) is 21.2. The van der Waals surface area contributed by atoms with E-state index in [1.165, 1.54) is 0 Å². The van der Waals surface area contributed by atoms with Gasteiger partial charge in [-0.05, 0) is 36.4 Å². The number of amides is 1. The molecule has 158 valence electrons. The van der Waals surface area contributed by atoms with Gasteiger partial charge in [0.05, 0.1) is 10.9 Å². The van der Waals surface area contributed by atoms with Crippen molar-refractivity contribution in [3.63, 3.8) is 0 Å². The second-order valence-electron chi connectivity index (χ2n) is 6.36. The third-order valence-corrected chi connectivity index (χ3v) is 4.08. The molecule has 0 aliphatic heterocycles. The summed E-state index contributed by atoms with van der Waals surface area (Å²) in [6, 6.07) is 10.6. The van der Waals surface area contributed by atoms with E-state index in [1.54, 1.807) is 24.3 Å². The summed E-state index contributed by atoms with van der Waals surface area (Å²) >= 11 is 0. The number of ether oxygens (including phenoxy) is 1. The normalized spacial score (nSPS) is 12.5. The Kier molecular flexibility index (Phi) is 6.31. The summed E-state index contributed by atoms with van der Waals surface area (Å²) in [5.41, 5.74) is -0.869. The van der Waals surface area contributed by atoms with Gasteiger partial charge in [0, 0.05) is 6.54 Å². The number of alkyl halides is 3. The zero-order valence-corrected chi connectivity index (χ0v) is 15.5. The van der Waals surface area contributed by atoms with Crippen LogP contribution < -0.4 is 15.6 Å². The molecule has 0 saturated heterocycles. The van der Waals surface area contributed by atoms with E-state index in [-0.39, 0.29) is 25.4 Å². The number of aromatic nitrogens is 3. The van der Waals surface area contributed by atoms with E-state index in [0.29, 0.717) is 10.9 Å². The van der Waals surface area contributed by atoms with Gasteiger partial charge >= 0.3 is 6.18 Å². The van der Waals surface area contributed by atoms with E-state index in [4.69, 9.17) is 4.74 Å². The maximum absolute atomic E-state index is 12.5. The molecule has 1 aromatic heterocycles. The summed E-state index contributed by atoms with van der Waals surface area (Å²) in [6.07, 6.45) is -5.56. The average molecular weight is 422 g/mol. The Labute approximate surface area is 167 Å². The molecular formula is C19H17F3N4O4. The number of halogens is 3. The van der Waals surface area contributed by atoms with Crippen molar-refractivity contribution in [1.29, 1.82) is 0 Å². The van der Waals surface area contributed by atoms with Gasteiger partial charge in [-0.1, -0.05) is 17.3 Å². The van der Waals surface area contributed by atoms with Gasteiger partial charge in [0.15, 0.2) is 0 Å². The fourth-order valence-electron chi connectivity index (χ4n) is 2.54. The first-order valence-corrected chi connectivity index (χ1v) is 8.81. The summed E-state index contributed by atoms with van der Waals surface area (Å²) in [5, 5.41) is 20.2. The molecule has 30 heavy (non-hydrogen) atoms. The van der Waals surface area contributed by atoms with Gasteiger partial charge in [-0.3, -0.25) is 9.59 Å². The lowest BCUT2D eigenvalue weighted by atomic mass is 10.2. The molecule has 3 aromatic rings. The summed E-state index contributed by atoms with van der Waals surface area (Å²) in [4.78, 5) is 24.3. The zero-order valence-electron chi connectivity index (χ0n) is 15.5. The minimum Gasteiger partial charge on any atom is -0.491 e. The largest absolute Gasteiger partial charge is 0.491 e. The molecule has 8 nitrogen and oxygen atoms in total. The van der Waals surface area contributed by atoms with Crippen molar-refractivity contribution in [1.82, 2.24) is 20.3 Å². The van der Waals surface area contributed by atoms with E-state index < -0.39 is 29.3 Å². The molecule has 0 aliphatic carbocycles. The molecule has 11 heteroatoms. The first-order chi connectivity index (χ1) is 14.2. The highest BCUT2D eigenvalue weighted by Gasteiger charge is 2.30. The molecule has 0 fully saturated rings. The van der Waals surface area contributed by atoms with Gasteiger partial charge in [-0.2, -0.15) is 13.2 Å². The Balaban J connectivity index is 1.48. The van der Waals surface area contributed by atoms with E-state index in [0.717, 1.165) is 28.9 Å². The Morgan fingerprint density at radius 3 is 2.57 bits per heavy atom. The number of fused-ring (bicyclic) bond motifs is 1. The predicted molar refractivity (Wildman–Crippen MR) is 99.8 cm³/mol. The van der Waals surface area contributed by atoms with Gasteiger partial charge in [0.1, 0.15) is 30.5 Å². The number of aliphatic hydroxyl groups excluding tert-OH is 1. The summed E-state index contributed by atoms with van der Waals surface area (Å²) in [5.74, 6) is -0.429. The summed E-state index contributed by atoms with van der Waals surface area (Å²) in [7, 11) is 0. The first-order valence-electron chi connectivity index (χ1n) is 8.81. The molecule has 1 unspecified atom stereocenters. The second-order valence-corrected chi connectivity index (χ2v) is 6.36. The van der Waals surface area contributed by atoms with Gasteiger partial charge in [0.2, 0.25) is 5.91 Å². The Morgan fingerprint density at radius 1 is 1.17 bits per heavy atom. The zero-order chi connectivity index (χ0) is 21.7. The molecule has 0 spiro atoms. The second kappa shape index (κ2) is 8.91. The highest BCUT2D eigenvalue weighted by atomic mass is 19.4. The predicted octanol–water partition coefficient (Wildman–Crippen LogP) is 1.37. The number of carbonyl (C=O) groups excluding carboxylic acids is 1. The van der Waals surface area contributed by atoms with Crippen LogP contribution in [0.1, 0.15) is 5.56 Å². The molecule has 0 bridgehead atoms. The molecule has 0 saturated carbocycles. The van der Waals surface area contributed by atoms with Crippen LogP contribution in [0.4, 0.5) is 13.2 Å². The average Bonchev–Trinajstić information content (AvgIpc) is 2.72. The van der Waals surface area contributed by atoms with Gasteiger partial charge in [-0.25, -0.2) is 4.68 Å². The molecule has 1 heterocycles. The van der Waals surface area contributed by atoms with Gasteiger partial charge in [-0.15, -0.1) is 5.10 Å². The monoisotopic (exact) mass is 422 g/mol. The van der Waals surface area contributed by atoms with Crippen molar-refractivity contribution < 1.29 is 27.8 Å². The Hall–Kier alpha value is -3.47. The SMILES string of the molecule is O=C(Cn1nnc2ccccc2c1=O)NCC(O)COc1ccc(C(F)(F)F)cc1.